The zero-order chi connectivity index (χ0) is 13.5. The molecular weight excluding hydrogens is 238 g/mol. The van der Waals surface area contributed by atoms with E-state index >= 15 is 0 Å². The topological polar surface area (TPSA) is 44.5 Å². The molecule has 2 aromatic carbocycles. The average Bonchev–Trinajstić information content (AvgIpc) is 2.47. The molecule has 0 radical (unpaired) electrons. The number of ether oxygens (including phenoxy) is 2. The molecule has 3 heteroatoms. The Morgan fingerprint density at radius 1 is 0.895 bits per heavy atom. The Kier molecular flexibility index (Phi) is 4.81. The molecule has 0 spiro atoms. The lowest BCUT2D eigenvalue weighted by Gasteiger charge is -2.12. The summed E-state index contributed by atoms with van der Waals surface area (Å²) in [5, 5.41) is 0. The van der Waals surface area contributed by atoms with Crippen molar-refractivity contribution in [2.75, 3.05) is 13.7 Å². The van der Waals surface area contributed by atoms with Crippen LogP contribution in [0.5, 0.6) is 11.5 Å². The Morgan fingerprint density at radius 3 is 2.21 bits per heavy atom. The normalized spacial score (nSPS) is 10.2. The van der Waals surface area contributed by atoms with Crippen molar-refractivity contribution in [2.24, 2.45) is 5.73 Å². The van der Waals surface area contributed by atoms with Gasteiger partial charge >= 0.3 is 0 Å². The van der Waals surface area contributed by atoms with E-state index in [2.05, 4.69) is 12.1 Å². The molecule has 0 saturated carbocycles. The van der Waals surface area contributed by atoms with Gasteiger partial charge in [-0.3, -0.25) is 0 Å². The van der Waals surface area contributed by atoms with Crippen LogP contribution in [0, 0.1) is 0 Å². The van der Waals surface area contributed by atoms with Crippen molar-refractivity contribution in [3.05, 3.63) is 59.7 Å². The molecule has 0 aliphatic rings. The van der Waals surface area contributed by atoms with E-state index in [1.54, 1.807) is 7.11 Å². The highest BCUT2D eigenvalue weighted by molar-refractivity contribution is 5.39. The number of hydrogen-bond donors (Lipinski definition) is 1. The lowest BCUT2D eigenvalue weighted by molar-refractivity contribution is 0.283. The van der Waals surface area contributed by atoms with E-state index in [4.69, 9.17) is 15.2 Å². The first-order valence-corrected chi connectivity index (χ1v) is 6.38. The minimum absolute atomic E-state index is 0.524. The van der Waals surface area contributed by atoms with Crippen LogP contribution in [0.4, 0.5) is 0 Å². The van der Waals surface area contributed by atoms with Crippen molar-refractivity contribution in [3.63, 3.8) is 0 Å². The van der Waals surface area contributed by atoms with Crippen molar-refractivity contribution >= 4 is 0 Å². The Balaban J connectivity index is 2.10. The predicted molar refractivity (Wildman–Crippen MR) is 76.5 cm³/mol. The minimum atomic E-state index is 0.524. The molecule has 0 aliphatic carbocycles. The minimum Gasteiger partial charge on any atom is -0.493 e. The SMILES string of the molecule is COc1ccccc1OCc1ccccc1CCN. The summed E-state index contributed by atoms with van der Waals surface area (Å²) >= 11 is 0. The Bertz CT molecular complexity index is 526. The second-order valence-electron chi connectivity index (χ2n) is 4.25. The maximum absolute atomic E-state index is 5.84. The van der Waals surface area contributed by atoms with Gasteiger partial charge in [0.05, 0.1) is 7.11 Å². The summed E-state index contributed by atoms with van der Waals surface area (Å²) in [7, 11) is 1.64. The van der Waals surface area contributed by atoms with Gasteiger partial charge in [-0.2, -0.15) is 0 Å². The summed E-state index contributed by atoms with van der Waals surface area (Å²) in [6.45, 7) is 1.17. The lowest BCUT2D eigenvalue weighted by atomic mass is 10.1. The van der Waals surface area contributed by atoms with E-state index in [1.807, 2.05) is 36.4 Å². The fraction of sp³-hybridized carbons (Fsp3) is 0.250. The molecule has 19 heavy (non-hydrogen) atoms. The van der Waals surface area contributed by atoms with Crippen molar-refractivity contribution in [3.8, 4) is 11.5 Å². The number of rotatable bonds is 6. The molecule has 0 aliphatic heterocycles. The Hall–Kier alpha value is -2.00. The molecule has 0 heterocycles. The molecule has 2 aromatic rings. The Labute approximate surface area is 114 Å². The molecule has 0 bridgehead atoms. The van der Waals surface area contributed by atoms with Gasteiger partial charge < -0.3 is 15.2 Å². The standard InChI is InChI=1S/C16H19NO2/c1-18-15-8-4-5-9-16(15)19-12-14-7-3-2-6-13(14)10-11-17/h2-9H,10-12,17H2,1H3. The molecule has 0 amide bonds. The van der Waals surface area contributed by atoms with Gasteiger partial charge in [0, 0.05) is 0 Å². The third-order valence-corrected chi connectivity index (χ3v) is 2.98. The van der Waals surface area contributed by atoms with E-state index in [0.29, 0.717) is 13.2 Å². The fourth-order valence-electron chi connectivity index (χ4n) is 1.99. The van der Waals surface area contributed by atoms with Crippen LogP contribution in [0.2, 0.25) is 0 Å². The molecule has 0 aromatic heterocycles. The Morgan fingerprint density at radius 2 is 1.53 bits per heavy atom. The number of benzene rings is 2. The molecular formula is C16H19NO2. The molecule has 0 fully saturated rings. The third kappa shape index (κ3) is 3.48. The van der Waals surface area contributed by atoms with Gasteiger partial charge in [0.15, 0.2) is 11.5 Å². The van der Waals surface area contributed by atoms with E-state index in [1.165, 1.54) is 11.1 Å². The second kappa shape index (κ2) is 6.81. The van der Waals surface area contributed by atoms with Crippen LogP contribution in [-0.4, -0.2) is 13.7 Å². The summed E-state index contributed by atoms with van der Waals surface area (Å²) in [6, 6.07) is 15.9. The number of para-hydroxylation sites is 2. The predicted octanol–water partition coefficient (Wildman–Crippen LogP) is 2.78. The third-order valence-electron chi connectivity index (χ3n) is 2.98. The second-order valence-corrected chi connectivity index (χ2v) is 4.25. The maximum atomic E-state index is 5.84. The zero-order valence-electron chi connectivity index (χ0n) is 11.1. The number of hydrogen-bond acceptors (Lipinski definition) is 3. The van der Waals surface area contributed by atoms with Crippen LogP contribution >= 0.6 is 0 Å². The summed E-state index contributed by atoms with van der Waals surface area (Å²) in [4.78, 5) is 0. The summed E-state index contributed by atoms with van der Waals surface area (Å²) < 4.78 is 11.1. The summed E-state index contributed by atoms with van der Waals surface area (Å²) in [5.74, 6) is 1.51. The average molecular weight is 257 g/mol. The van der Waals surface area contributed by atoms with E-state index < -0.39 is 0 Å². The fourth-order valence-corrected chi connectivity index (χ4v) is 1.99. The van der Waals surface area contributed by atoms with Crippen molar-refractivity contribution in [2.45, 2.75) is 13.0 Å². The molecule has 2 N–H and O–H groups in total. The van der Waals surface area contributed by atoms with Gasteiger partial charge in [0.1, 0.15) is 6.61 Å². The van der Waals surface area contributed by atoms with Gasteiger partial charge in [-0.25, -0.2) is 0 Å². The van der Waals surface area contributed by atoms with Crippen molar-refractivity contribution in [1.29, 1.82) is 0 Å². The highest BCUT2D eigenvalue weighted by atomic mass is 16.5. The zero-order valence-corrected chi connectivity index (χ0v) is 11.1. The first-order valence-electron chi connectivity index (χ1n) is 6.38. The summed E-state index contributed by atoms with van der Waals surface area (Å²) in [5.41, 5.74) is 8.02. The molecule has 0 unspecified atom stereocenters. The first-order chi connectivity index (χ1) is 9.35. The largest absolute Gasteiger partial charge is 0.493 e. The van der Waals surface area contributed by atoms with E-state index in [0.717, 1.165) is 17.9 Å². The van der Waals surface area contributed by atoms with Gasteiger partial charge in [-0.1, -0.05) is 36.4 Å². The van der Waals surface area contributed by atoms with Crippen LogP contribution in [-0.2, 0) is 13.0 Å². The van der Waals surface area contributed by atoms with Gasteiger partial charge in [0.25, 0.3) is 0 Å². The quantitative estimate of drug-likeness (QED) is 0.865. The van der Waals surface area contributed by atoms with E-state index in [-0.39, 0.29) is 0 Å². The van der Waals surface area contributed by atoms with Crippen LogP contribution in [0.25, 0.3) is 0 Å². The molecule has 0 atom stereocenters. The lowest BCUT2D eigenvalue weighted by Crippen LogP contribution is -2.07. The van der Waals surface area contributed by atoms with Crippen LogP contribution in [0.1, 0.15) is 11.1 Å². The van der Waals surface area contributed by atoms with Gasteiger partial charge in [-0.05, 0) is 36.2 Å². The van der Waals surface area contributed by atoms with Crippen molar-refractivity contribution < 1.29 is 9.47 Å². The number of nitrogens with two attached hydrogens (primary N) is 1. The maximum Gasteiger partial charge on any atom is 0.161 e. The van der Waals surface area contributed by atoms with E-state index in [9.17, 15) is 0 Å². The van der Waals surface area contributed by atoms with Crippen LogP contribution < -0.4 is 15.2 Å². The van der Waals surface area contributed by atoms with Crippen LogP contribution in [0.3, 0.4) is 0 Å². The number of methoxy groups -OCH3 is 1. The smallest absolute Gasteiger partial charge is 0.161 e. The summed E-state index contributed by atoms with van der Waals surface area (Å²) in [6.07, 6.45) is 0.867. The molecule has 0 saturated heterocycles. The first kappa shape index (κ1) is 13.4. The highest BCUT2D eigenvalue weighted by Crippen LogP contribution is 2.27. The highest BCUT2D eigenvalue weighted by Gasteiger charge is 2.05. The van der Waals surface area contributed by atoms with Crippen molar-refractivity contribution in [1.82, 2.24) is 0 Å². The molecule has 3 nitrogen and oxygen atoms in total. The van der Waals surface area contributed by atoms with Gasteiger partial charge in [-0.15, -0.1) is 0 Å². The van der Waals surface area contributed by atoms with Gasteiger partial charge in [0.2, 0.25) is 0 Å². The molecule has 2 rings (SSSR count). The monoisotopic (exact) mass is 257 g/mol. The van der Waals surface area contributed by atoms with Crippen LogP contribution in [0.15, 0.2) is 48.5 Å². The molecule has 100 valence electrons.